The SMILES string of the molecule is C[C@@H]1[C@@H](O)C[C@]2(C[C@@H](O)c3ccccc3O2)O[C@H]1c1ccccc1. The molecule has 1 fully saturated rings. The summed E-state index contributed by atoms with van der Waals surface area (Å²) in [7, 11) is 0. The zero-order chi connectivity index (χ0) is 16.7. The molecule has 24 heavy (non-hydrogen) atoms. The van der Waals surface area contributed by atoms with E-state index in [4.69, 9.17) is 9.47 Å². The third-order valence-electron chi connectivity index (χ3n) is 5.15. The molecule has 2 heterocycles. The van der Waals surface area contributed by atoms with E-state index in [-0.39, 0.29) is 12.0 Å². The fourth-order valence-electron chi connectivity index (χ4n) is 3.80. The number of fused-ring (bicyclic) bond motifs is 1. The number of benzene rings is 2. The third kappa shape index (κ3) is 2.61. The summed E-state index contributed by atoms with van der Waals surface area (Å²) in [5.74, 6) is -0.416. The van der Waals surface area contributed by atoms with Gasteiger partial charge in [-0.25, -0.2) is 0 Å². The van der Waals surface area contributed by atoms with E-state index in [1.54, 1.807) is 0 Å². The van der Waals surface area contributed by atoms with Gasteiger partial charge in [-0.1, -0.05) is 55.5 Å². The topological polar surface area (TPSA) is 58.9 Å². The Balaban J connectivity index is 1.69. The monoisotopic (exact) mass is 326 g/mol. The molecule has 4 rings (SSSR count). The van der Waals surface area contributed by atoms with Gasteiger partial charge in [0.05, 0.1) is 18.3 Å². The molecular formula is C20H22O4. The zero-order valence-corrected chi connectivity index (χ0v) is 13.6. The molecule has 0 aliphatic carbocycles. The van der Waals surface area contributed by atoms with Crippen LogP contribution in [0.2, 0.25) is 0 Å². The number of ether oxygens (including phenoxy) is 2. The number of hydrogen-bond donors (Lipinski definition) is 2. The minimum atomic E-state index is -1.000. The van der Waals surface area contributed by atoms with Crippen molar-refractivity contribution >= 4 is 0 Å². The summed E-state index contributed by atoms with van der Waals surface area (Å²) >= 11 is 0. The maximum atomic E-state index is 10.6. The van der Waals surface area contributed by atoms with Crippen LogP contribution in [-0.4, -0.2) is 22.1 Å². The Morgan fingerprint density at radius 2 is 1.67 bits per heavy atom. The lowest BCUT2D eigenvalue weighted by Crippen LogP contribution is -2.53. The van der Waals surface area contributed by atoms with Gasteiger partial charge in [0.15, 0.2) is 0 Å². The van der Waals surface area contributed by atoms with Gasteiger partial charge in [-0.2, -0.15) is 0 Å². The van der Waals surface area contributed by atoms with Gasteiger partial charge in [0.25, 0.3) is 0 Å². The Morgan fingerprint density at radius 1 is 0.958 bits per heavy atom. The van der Waals surface area contributed by atoms with Crippen LogP contribution in [0.1, 0.15) is 43.1 Å². The maximum absolute atomic E-state index is 10.6. The Morgan fingerprint density at radius 3 is 2.46 bits per heavy atom. The molecule has 0 unspecified atom stereocenters. The first kappa shape index (κ1) is 15.6. The Labute approximate surface area is 141 Å². The van der Waals surface area contributed by atoms with Crippen LogP contribution < -0.4 is 4.74 Å². The van der Waals surface area contributed by atoms with E-state index in [0.29, 0.717) is 18.6 Å². The lowest BCUT2D eigenvalue weighted by atomic mass is 9.82. The Bertz CT molecular complexity index is 717. The predicted octanol–water partition coefficient (Wildman–Crippen LogP) is 3.36. The second-order valence-corrected chi connectivity index (χ2v) is 6.85. The standard InChI is InChI=1S/C20H22O4/c1-13-16(21)11-20(24-19(13)14-7-3-2-4-8-14)12-17(22)15-9-5-6-10-18(15)23-20/h2-10,13,16-17,19,21-22H,11-12H2,1H3/t13-,16+,17-,19-,20-/m1/s1. The summed E-state index contributed by atoms with van der Waals surface area (Å²) in [5, 5.41) is 21.2. The van der Waals surface area contributed by atoms with Crippen LogP contribution in [0, 0.1) is 5.92 Å². The summed E-state index contributed by atoms with van der Waals surface area (Å²) in [6.45, 7) is 1.99. The summed E-state index contributed by atoms with van der Waals surface area (Å²) in [6, 6.07) is 17.3. The highest BCUT2D eigenvalue weighted by Gasteiger charge is 2.50. The highest BCUT2D eigenvalue weighted by Crippen LogP contribution is 2.49. The lowest BCUT2D eigenvalue weighted by molar-refractivity contribution is -0.292. The molecule has 2 aromatic rings. The number of para-hydroxylation sites is 1. The fraction of sp³-hybridized carbons (Fsp3) is 0.400. The van der Waals surface area contributed by atoms with Gasteiger partial charge in [0, 0.05) is 24.3 Å². The van der Waals surface area contributed by atoms with Crippen molar-refractivity contribution in [3.63, 3.8) is 0 Å². The highest BCUT2D eigenvalue weighted by molar-refractivity contribution is 5.37. The van der Waals surface area contributed by atoms with Gasteiger partial charge in [-0.05, 0) is 11.6 Å². The van der Waals surface area contributed by atoms with Crippen molar-refractivity contribution < 1.29 is 19.7 Å². The average molecular weight is 326 g/mol. The highest BCUT2D eigenvalue weighted by atomic mass is 16.7. The van der Waals surface area contributed by atoms with Crippen molar-refractivity contribution in [3.8, 4) is 5.75 Å². The average Bonchev–Trinajstić information content (AvgIpc) is 2.59. The molecule has 0 bridgehead atoms. The van der Waals surface area contributed by atoms with Crippen LogP contribution in [0.4, 0.5) is 0 Å². The van der Waals surface area contributed by atoms with E-state index < -0.39 is 18.0 Å². The minimum Gasteiger partial charge on any atom is -0.462 e. The molecule has 2 aliphatic rings. The quantitative estimate of drug-likeness (QED) is 0.844. The second kappa shape index (κ2) is 5.88. The summed E-state index contributed by atoms with van der Waals surface area (Å²) in [6.07, 6.45) is -0.819. The van der Waals surface area contributed by atoms with Crippen molar-refractivity contribution in [1.29, 1.82) is 0 Å². The smallest absolute Gasteiger partial charge is 0.216 e. The number of aliphatic hydroxyl groups is 2. The molecule has 2 N–H and O–H groups in total. The van der Waals surface area contributed by atoms with Crippen molar-refractivity contribution in [2.75, 3.05) is 0 Å². The van der Waals surface area contributed by atoms with E-state index in [9.17, 15) is 10.2 Å². The van der Waals surface area contributed by atoms with Gasteiger partial charge in [0.1, 0.15) is 5.75 Å². The molecule has 0 amide bonds. The summed E-state index contributed by atoms with van der Waals surface area (Å²) in [5.41, 5.74) is 1.79. The first-order valence-electron chi connectivity index (χ1n) is 8.45. The predicted molar refractivity (Wildman–Crippen MR) is 89.4 cm³/mol. The molecule has 4 heteroatoms. The van der Waals surface area contributed by atoms with E-state index >= 15 is 0 Å². The van der Waals surface area contributed by atoms with Crippen LogP contribution in [0.3, 0.4) is 0 Å². The number of aliphatic hydroxyl groups excluding tert-OH is 2. The van der Waals surface area contributed by atoms with Crippen molar-refractivity contribution in [2.24, 2.45) is 5.92 Å². The van der Waals surface area contributed by atoms with Gasteiger partial charge in [-0.3, -0.25) is 0 Å². The number of hydrogen-bond acceptors (Lipinski definition) is 4. The Kier molecular flexibility index (Phi) is 3.83. The largest absolute Gasteiger partial charge is 0.462 e. The second-order valence-electron chi connectivity index (χ2n) is 6.85. The fourth-order valence-corrected chi connectivity index (χ4v) is 3.80. The molecule has 4 nitrogen and oxygen atoms in total. The minimum absolute atomic E-state index is 0.0454. The zero-order valence-electron chi connectivity index (χ0n) is 13.6. The van der Waals surface area contributed by atoms with Gasteiger partial charge in [0.2, 0.25) is 5.79 Å². The molecule has 1 spiro atoms. The van der Waals surface area contributed by atoms with Crippen molar-refractivity contribution in [3.05, 3.63) is 65.7 Å². The van der Waals surface area contributed by atoms with Crippen LogP contribution >= 0.6 is 0 Å². The van der Waals surface area contributed by atoms with Crippen LogP contribution in [0.15, 0.2) is 54.6 Å². The normalized spacial score (nSPS) is 35.3. The summed E-state index contributed by atoms with van der Waals surface area (Å²) in [4.78, 5) is 0. The van der Waals surface area contributed by atoms with Crippen LogP contribution in [0.25, 0.3) is 0 Å². The molecule has 2 aliphatic heterocycles. The van der Waals surface area contributed by atoms with Gasteiger partial charge in [-0.15, -0.1) is 0 Å². The van der Waals surface area contributed by atoms with Crippen LogP contribution in [0.5, 0.6) is 5.75 Å². The molecule has 1 saturated heterocycles. The van der Waals surface area contributed by atoms with Gasteiger partial charge < -0.3 is 19.7 Å². The first-order valence-corrected chi connectivity index (χ1v) is 8.45. The lowest BCUT2D eigenvalue weighted by Gasteiger charge is -2.49. The molecule has 0 saturated carbocycles. The molecular weight excluding hydrogens is 304 g/mol. The van der Waals surface area contributed by atoms with E-state index in [1.807, 2.05) is 61.5 Å². The van der Waals surface area contributed by atoms with E-state index in [2.05, 4.69) is 0 Å². The van der Waals surface area contributed by atoms with E-state index in [1.165, 1.54) is 0 Å². The Hall–Kier alpha value is -1.88. The first-order chi connectivity index (χ1) is 11.6. The van der Waals surface area contributed by atoms with Crippen LogP contribution in [-0.2, 0) is 4.74 Å². The molecule has 126 valence electrons. The van der Waals surface area contributed by atoms with Crippen molar-refractivity contribution in [1.82, 2.24) is 0 Å². The maximum Gasteiger partial charge on any atom is 0.216 e. The van der Waals surface area contributed by atoms with Crippen molar-refractivity contribution in [2.45, 2.75) is 43.9 Å². The third-order valence-corrected chi connectivity index (χ3v) is 5.15. The summed E-state index contributed by atoms with van der Waals surface area (Å²) < 4.78 is 12.5. The molecule has 0 aromatic heterocycles. The number of rotatable bonds is 1. The molecule has 2 aromatic carbocycles. The molecule has 0 radical (unpaired) electrons. The van der Waals surface area contributed by atoms with Gasteiger partial charge >= 0.3 is 0 Å². The van der Waals surface area contributed by atoms with E-state index in [0.717, 1.165) is 11.1 Å². The molecule has 5 atom stereocenters.